The summed E-state index contributed by atoms with van der Waals surface area (Å²) in [5.74, 6) is 0. The molecule has 132 valence electrons. The maximum atomic E-state index is 2.59. The van der Waals surface area contributed by atoms with Gasteiger partial charge >= 0.3 is 0 Å². The highest BCUT2D eigenvalue weighted by Crippen LogP contribution is 2.39. The van der Waals surface area contributed by atoms with Crippen LogP contribution in [0.15, 0.2) is 34.6 Å². The van der Waals surface area contributed by atoms with Crippen molar-refractivity contribution in [3.8, 4) is 0 Å². The Morgan fingerprint density at radius 1 is 1.00 bits per heavy atom. The van der Waals surface area contributed by atoms with Crippen molar-refractivity contribution in [3.63, 3.8) is 0 Å². The van der Waals surface area contributed by atoms with Crippen molar-refractivity contribution < 1.29 is 0 Å². The van der Waals surface area contributed by atoms with Gasteiger partial charge < -0.3 is 0 Å². The number of allylic oxidation sites excluding steroid dienone is 4. The molecule has 0 nitrogen and oxygen atoms in total. The van der Waals surface area contributed by atoms with Crippen molar-refractivity contribution in [1.29, 1.82) is 0 Å². The molecule has 0 bridgehead atoms. The van der Waals surface area contributed by atoms with E-state index in [4.69, 9.17) is 0 Å². The van der Waals surface area contributed by atoms with E-state index >= 15 is 0 Å². The first-order valence-electron chi connectivity index (χ1n) is 9.71. The lowest BCUT2D eigenvalue weighted by Crippen LogP contribution is -2.23. The summed E-state index contributed by atoms with van der Waals surface area (Å²) in [4.78, 5) is 0. The third-order valence-electron chi connectivity index (χ3n) is 5.30. The number of hydrogen-bond donors (Lipinski definition) is 0. The third-order valence-corrected chi connectivity index (χ3v) is 7.68. The van der Waals surface area contributed by atoms with Crippen LogP contribution in [0.5, 0.6) is 0 Å². The molecule has 0 fully saturated rings. The summed E-state index contributed by atoms with van der Waals surface area (Å²) in [5, 5.41) is 3.43. The molecule has 0 amide bonds. The Morgan fingerprint density at radius 2 is 1.62 bits per heavy atom. The van der Waals surface area contributed by atoms with Gasteiger partial charge in [0.2, 0.25) is 0 Å². The monoisotopic (exact) mass is 340 g/mol. The average molecular weight is 341 g/mol. The fourth-order valence-electron chi connectivity index (χ4n) is 4.11. The molecule has 2 rings (SSSR count). The highest BCUT2D eigenvalue weighted by molar-refractivity contribution is 6.62. The summed E-state index contributed by atoms with van der Waals surface area (Å²) < 4.78 is 0. The highest BCUT2D eigenvalue weighted by atomic mass is 28.2. The second-order valence-electron chi connectivity index (χ2n) is 8.76. The summed E-state index contributed by atoms with van der Waals surface area (Å²) in [6.07, 6.45) is 9.19. The Hall–Kier alpha value is -1.08. The summed E-state index contributed by atoms with van der Waals surface area (Å²) in [6.45, 7) is 16.3. The average Bonchev–Trinajstić information content (AvgIpc) is 2.86. The molecule has 0 N–H and O–H groups in total. The second kappa shape index (κ2) is 7.87. The van der Waals surface area contributed by atoms with E-state index in [9.17, 15) is 0 Å². The van der Waals surface area contributed by atoms with E-state index in [1.165, 1.54) is 48.8 Å². The Labute approximate surface area is 152 Å². The number of aryl methyl sites for hydroxylation is 3. The van der Waals surface area contributed by atoms with Crippen LogP contribution in [0.4, 0.5) is 0 Å². The summed E-state index contributed by atoms with van der Waals surface area (Å²) >= 11 is 0. The predicted octanol–water partition coefficient (Wildman–Crippen LogP) is 5.62. The minimum Gasteiger partial charge on any atom is -0.0783 e. The largest absolute Gasteiger partial charge is 0.0835 e. The molecule has 1 aliphatic rings. The summed E-state index contributed by atoms with van der Waals surface area (Å²) in [7, 11) is -0.339. The van der Waals surface area contributed by atoms with E-state index in [1.54, 1.807) is 21.5 Å². The van der Waals surface area contributed by atoms with Crippen molar-refractivity contribution in [1.82, 2.24) is 0 Å². The molecule has 0 saturated heterocycles. The van der Waals surface area contributed by atoms with Gasteiger partial charge in [0.1, 0.15) is 0 Å². The highest BCUT2D eigenvalue weighted by Gasteiger charge is 2.25. The molecule has 1 aliphatic carbocycles. The minimum atomic E-state index is -0.339. The van der Waals surface area contributed by atoms with Crippen molar-refractivity contribution in [2.24, 2.45) is 5.41 Å². The molecule has 0 radical (unpaired) electrons. The van der Waals surface area contributed by atoms with Crippen LogP contribution < -0.4 is 5.19 Å². The molecule has 0 aromatic heterocycles. The maximum absolute atomic E-state index is 2.59. The van der Waals surface area contributed by atoms with Gasteiger partial charge in [-0.2, -0.15) is 0 Å². The van der Waals surface area contributed by atoms with Gasteiger partial charge in [-0.1, -0.05) is 91.4 Å². The number of unbranched alkanes of at least 4 members (excludes halogenated alkanes) is 2. The molecule has 0 atom stereocenters. The molecule has 0 saturated carbocycles. The molecular weight excluding hydrogens is 304 g/mol. The fourth-order valence-corrected chi connectivity index (χ4v) is 6.06. The minimum absolute atomic E-state index is 0.287. The summed E-state index contributed by atoms with van der Waals surface area (Å²) in [5.41, 5.74) is 8.09. The van der Waals surface area contributed by atoms with Gasteiger partial charge in [0.05, 0.1) is 9.52 Å². The van der Waals surface area contributed by atoms with E-state index in [0.717, 1.165) is 0 Å². The Kier molecular flexibility index (Phi) is 6.31. The molecule has 0 unspecified atom stereocenters. The first-order valence-corrected chi connectivity index (χ1v) is 11.1. The van der Waals surface area contributed by atoms with Gasteiger partial charge in [0.15, 0.2) is 0 Å². The lowest BCUT2D eigenvalue weighted by Gasteiger charge is -2.21. The molecule has 1 aromatic carbocycles. The Morgan fingerprint density at radius 3 is 2.17 bits per heavy atom. The van der Waals surface area contributed by atoms with E-state index in [2.05, 4.69) is 66.7 Å². The van der Waals surface area contributed by atoms with Crippen LogP contribution in [0.3, 0.4) is 0 Å². The zero-order valence-corrected chi connectivity index (χ0v) is 18.4. The zero-order valence-electron chi connectivity index (χ0n) is 17.0. The number of benzene rings is 1. The Balaban J connectivity index is 2.20. The van der Waals surface area contributed by atoms with Gasteiger partial charge in [-0.25, -0.2) is 0 Å². The number of rotatable bonds is 6. The Bertz CT molecular complexity index is 630. The van der Waals surface area contributed by atoms with Crippen LogP contribution in [-0.4, -0.2) is 9.52 Å². The molecule has 0 spiro atoms. The molecule has 1 heteroatoms. The SMILES string of the molecule is CCCCCC1=C(C(C)(C)C)C=C([SiH2]c2c(C)cc(C)cc2C)C1. The third kappa shape index (κ3) is 4.72. The standard InChI is InChI=1S/C23H36Si/c1-8-9-10-11-19-14-20(15-21(19)23(5,6)7)24-22-17(3)12-16(2)13-18(22)4/h12-13,15H,8-11,14,24H2,1-7H3. The van der Waals surface area contributed by atoms with Gasteiger partial charge in [0.25, 0.3) is 0 Å². The van der Waals surface area contributed by atoms with Gasteiger partial charge in [0, 0.05) is 0 Å². The lowest BCUT2D eigenvalue weighted by molar-refractivity contribution is 0.509. The normalized spacial score (nSPS) is 15.7. The lowest BCUT2D eigenvalue weighted by atomic mass is 9.83. The molecule has 0 aliphatic heterocycles. The molecule has 0 heterocycles. The van der Waals surface area contributed by atoms with Crippen LogP contribution in [0.25, 0.3) is 0 Å². The molecule has 1 aromatic rings. The molecular formula is C23H36Si. The quantitative estimate of drug-likeness (QED) is 0.466. The zero-order chi connectivity index (χ0) is 17.9. The van der Waals surface area contributed by atoms with Crippen LogP contribution in [0.1, 0.15) is 76.5 Å². The van der Waals surface area contributed by atoms with E-state index in [0.29, 0.717) is 0 Å². The second-order valence-corrected chi connectivity index (χ2v) is 10.7. The van der Waals surface area contributed by atoms with Gasteiger partial charge in [-0.15, -0.1) is 0 Å². The smallest absolute Gasteiger partial charge is 0.0783 e. The first kappa shape index (κ1) is 19.2. The predicted molar refractivity (Wildman–Crippen MR) is 112 cm³/mol. The summed E-state index contributed by atoms with van der Waals surface area (Å²) in [6, 6.07) is 4.73. The molecule has 24 heavy (non-hydrogen) atoms. The first-order chi connectivity index (χ1) is 11.2. The topological polar surface area (TPSA) is 0 Å². The van der Waals surface area contributed by atoms with Crippen molar-refractivity contribution in [2.75, 3.05) is 0 Å². The van der Waals surface area contributed by atoms with E-state index in [-0.39, 0.29) is 14.9 Å². The van der Waals surface area contributed by atoms with Crippen molar-refractivity contribution >= 4 is 14.7 Å². The van der Waals surface area contributed by atoms with Crippen molar-refractivity contribution in [3.05, 3.63) is 51.2 Å². The van der Waals surface area contributed by atoms with Gasteiger partial charge in [-0.05, 0) is 51.0 Å². The maximum Gasteiger partial charge on any atom is 0.0835 e. The van der Waals surface area contributed by atoms with Crippen molar-refractivity contribution in [2.45, 2.75) is 80.6 Å². The van der Waals surface area contributed by atoms with E-state index < -0.39 is 0 Å². The fraction of sp³-hybridized carbons (Fsp3) is 0.565. The van der Waals surface area contributed by atoms with Crippen LogP contribution in [-0.2, 0) is 0 Å². The number of hydrogen-bond acceptors (Lipinski definition) is 0. The van der Waals surface area contributed by atoms with Crippen LogP contribution >= 0.6 is 0 Å². The van der Waals surface area contributed by atoms with Crippen LogP contribution in [0.2, 0.25) is 0 Å². The van der Waals surface area contributed by atoms with E-state index in [1.807, 2.05) is 0 Å². The van der Waals surface area contributed by atoms with Gasteiger partial charge in [-0.3, -0.25) is 0 Å². The van der Waals surface area contributed by atoms with Crippen LogP contribution in [0, 0.1) is 26.2 Å².